The number of nitrogens with zero attached hydrogens (tertiary/aromatic N) is 1. The normalized spacial score (nSPS) is 53.7. The van der Waals surface area contributed by atoms with Crippen LogP contribution in [0.1, 0.15) is 65.2 Å². The first-order valence-electron chi connectivity index (χ1n) is 9.23. The highest BCUT2D eigenvalue weighted by atomic mass is 16.3. The molecule has 120 valence electrons. The van der Waals surface area contributed by atoms with E-state index in [0.29, 0.717) is 5.41 Å². The van der Waals surface area contributed by atoms with Crippen LogP contribution in [-0.4, -0.2) is 17.3 Å². The number of allylic oxidation sites excluding steroid dienone is 1. The van der Waals surface area contributed by atoms with Gasteiger partial charge in [-0.05, 0) is 68.1 Å². The van der Waals surface area contributed by atoms with E-state index in [2.05, 4.69) is 24.8 Å². The Hall–Kier alpha value is -0.810. The van der Waals surface area contributed by atoms with E-state index in [4.69, 9.17) is 6.57 Å². The van der Waals surface area contributed by atoms with Crippen molar-refractivity contribution in [2.24, 2.45) is 28.6 Å². The molecule has 0 amide bonds. The summed E-state index contributed by atoms with van der Waals surface area (Å²) >= 11 is 0. The van der Waals surface area contributed by atoms with E-state index in [9.17, 15) is 5.11 Å². The Labute approximate surface area is 134 Å². The van der Waals surface area contributed by atoms with Crippen molar-refractivity contribution >= 4 is 0 Å². The van der Waals surface area contributed by atoms with Crippen LogP contribution in [0.3, 0.4) is 0 Å². The van der Waals surface area contributed by atoms with Gasteiger partial charge in [0.05, 0.1) is 6.10 Å². The Morgan fingerprint density at radius 1 is 1.14 bits per heavy atom. The van der Waals surface area contributed by atoms with E-state index in [1.165, 1.54) is 25.7 Å². The van der Waals surface area contributed by atoms with Crippen molar-refractivity contribution in [3.63, 3.8) is 0 Å². The first-order valence-corrected chi connectivity index (χ1v) is 9.23. The van der Waals surface area contributed by atoms with Gasteiger partial charge in [-0.15, -0.1) is 0 Å². The molecule has 0 aliphatic heterocycles. The number of rotatable bonds is 0. The Bertz CT molecular complexity index is 546. The minimum Gasteiger partial charge on any atom is -0.393 e. The molecule has 3 saturated carbocycles. The maximum absolute atomic E-state index is 10.0. The van der Waals surface area contributed by atoms with Gasteiger partial charge in [-0.2, -0.15) is 0 Å². The number of hydrogen-bond donors (Lipinski definition) is 1. The van der Waals surface area contributed by atoms with Crippen LogP contribution in [0.5, 0.6) is 0 Å². The van der Waals surface area contributed by atoms with E-state index in [-0.39, 0.29) is 17.6 Å². The molecule has 0 heterocycles. The average Bonchev–Trinajstić information content (AvgIpc) is 2.84. The maximum Gasteiger partial charge on any atom is 0.229 e. The molecule has 0 bridgehead atoms. The highest BCUT2D eigenvalue weighted by molar-refractivity contribution is 5.26. The predicted molar refractivity (Wildman–Crippen MR) is 88.1 cm³/mol. The first-order chi connectivity index (χ1) is 10.5. The zero-order chi connectivity index (χ0) is 15.5. The highest BCUT2D eigenvalue weighted by Crippen LogP contribution is 2.65. The van der Waals surface area contributed by atoms with E-state index >= 15 is 0 Å². The lowest BCUT2D eigenvalue weighted by Gasteiger charge is -2.56. The van der Waals surface area contributed by atoms with Crippen molar-refractivity contribution in [1.82, 2.24) is 0 Å². The van der Waals surface area contributed by atoms with Crippen molar-refractivity contribution < 1.29 is 5.11 Å². The number of hydrogen-bond acceptors (Lipinski definition) is 1. The molecule has 0 aromatic rings. The molecule has 2 unspecified atom stereocenters. The summed E-state index contributed by atoms with van der Waals surface area (Å²) in [5, 5.41) is 10.0. The van der Waals surface area contributed by atoms with Crippen molar-refractivity contribution in [2.75, 3.05) is 0 Å². The van der Waals surface area contributed by atoms with E-state index < -0.39 is 0 Å². The summed E-state index contributed by atoms with van der Waals surface area (Å²) in [6, 6.07) is 0.268. The summed E-state index contributed by atoms with van der Waals surface area (Å²) < 4.78 is 0. The summed E-state index contributed by atoms with van der Waals surface area (Å²) in [5.41, 5.74) is 2.16. The smallest absolute Gasteiger partial charge is 0.229 e. The second-order valence-electron chi connectivity index (χ2n) is 8.92. The fourth-order valence-corrected chi connectivity index (χ4v) is 6.83. The molecule has 4 aliphatic rings. The highest BCUT2D eigenvalue weighted by Gasteiger charge is 2.60. The molecular weight excluding hydrogens is 270 g/mol. The second-order valence-corrected chi connectivity index (χ2v) is 8.92. The third-order valence-electron chi connectivity index (χ3n) is 8.18. The van der Waals surface area contributed by atoms with Gasteiger partial charge in [-0.1, -0.05) is 25.5 Å². The molecule has 2 nitrogen and oxygen atoms in total. The standard InChI is InChI=1S/C20H29NO/c1-19-10-8-14(22)12-13(19)4-5-15-16-6-7-18(21-3)20(16,2)11-9-17(15)19/h4,14-18,22H,5-12H2,1-2H3/t14?,15-,16-,17-,18?,19-,20-/m0/s1. The Morgan fingerprint density at radius 3 is 2.73 bits per heavy atom. The number of aliphatic hydroxyl groups excluding tert-OH is 1. The lowest BCUT2D eigenvalue weighted by Crippen LogP contribution is -2.50. The molecule has 7 atom stereocenters. The Kier molecular flexibility index (Phi) is 3.25. The van der Waals surface area contributed by atoms with Gasteiger partial charge in [0.2, 0.25) is 6.04 Å². The molecule has 4 rings (SSSR count). The molecular formula is C20H29NO. The van der Waals surface area contributed by atoms with Crippen LogP contribution in [0.2, 0.25) is 0 Å². The van der Waals surface area contributed by atoms with Gasteiger partial charge in [0.1, 0.15) is 0 Å². The fourth-order valence-electron chi connectivity index (χ4n) is 6.83. The van der Waals surface area contributed by atoms with Crippen molar-refractivity contribution in [3.05, 3.63) is 23.1 Å². The largest absolute Gasteiger partial charge is 0.393 e. The quantitative estimate of drug-likeness (QED) is 0.513. The topological polar surface area (TPSA) is 24.6 Å². The van der Waals surface area contributed by atoms with Gasteiger partial charge in [0.25, 0.3) is 0 Å². The molecule has 3 fully saturated rings. The average molecular weight is 299 g/mol. The van der Waals surface area contributed by atoms with E-state index in [1.54, 1.807) is 5.57 Å². The van der Waals surface area contributed by atoms with E-state index in [0.717, 1.165) is 43.4 Å². The zero-order valence-electron chi connectivity index (χ0n) is 14.0. The van der Waals surface area contributed by atoms with Crippen molar-refractivity contribution in [3.8, 4) is 0 Å². The van der Waals surface area contributed by atoms with Crippen LogP contribution >= 0.6 is 0 Å². The van der Waals surface area contributed by atoms with Gasteiger partial charge in [0.15, 0.2) is 0 Å². The third kappa shape index (κ3) is 1.81. The summed E-state index contributed by atoms with van der Waals surface area (Å²) in [4.78, 5) is 3.99. The van der Waals surface area contributed by atoms with Crippen molar-refractivity contribution in [2.45, 2.75) is 77.4 Å². The minimum atomic E-state index is -0.109. The summed E-state index contributed by atoms with van der Waals surface area (Å²) in [6.45, 7) is 12.5. The second kappa shape index (κ2) is 4.84. The van der Waals surface area contributed by atoms with Crippen LogP contribution in [-0.2, 0) is 0 Å². The van der Waals surface area contributed by atoms with E-state index in [1.807, 2.05) is 0 Å². The third-order valence-corrected chi connectivity index (χ3v) is 8.18. The lowest BCUT2D eigenvalue weighted by molar-refractivity contribution is -0.0374. The monoisotopic (exact) mass is 299 g/mol. The summed E-state index contributed by atoms with van der Waals surface area (Å²) in [6.07, 6.45) is 11.6. The van der Waals surface area contributed by atoms with Crippen LogP contribution in [0, 0.1) is 35.2 Å². The molecule has 4 aliphatic carbocycles. The SMILES string of the molecule is [C-]#[N+]C1CC[C@H]2[C@@H]3CC=C4CC(O)CC[C@]4(C)[C@H]3CC[C@]12C. The lowest BCUT2D eigenvalue weighted by atomic mass is 9.48. The minimum absolute atomic E-state index is 0.109. The fraction of sp³-hybridized carbons (Fsp3) is 0.850. The van der Waals surface area contributed by atoms with Crippen molar-refractivity contribution in [1.29, 1.82) is 0 Å². The maximum atomic E-state index is 10.0. The number of aliphatic hydroxyl groups is 1. The first kappa shape index (κ1) is 14.8. The Morgan fingerprint density at radius 2 is 1.95 bits per heavy atom. The van der Waals surface area contributed by atoms with Crippen LogP contribution in [0.25, 0.3) is 4.85 Å². The predicted octanol–water partition coefficient (Wildman–Crippen LogP) is 4.60. The molecule has 22 heavy (non-hydrogen) atoms. The van der Waals surface area contributed by atoms with Crippen LogP contribution in [0.4, 0.5) is 0 Å². The number of fused-ring (bicyclic) bond motifs is 5. The molecule has 0 spiro atoms. The summed E-state index contributed by atoms with van der Waals surface area (Å²) in [5.74, 6) is 2.34. The molecule has 0 aromatic carbocycles. The molecule has 0 saturated heterocycles. The zero-order valence-corrected chi connectivity index (χ0v) is 14.0. The molecule has 0 radical (unpaired) electrons. The van der Waals surface area contributed by atoms with Gasteiger partial charge < -0.3 is 9.95 Å². The molecule has 0 aromatic heterocycles. The molecule has 2 heteroatoms. The van der Waals surface area contributed by atoms with Gasteiger partial charge in [0, 0.05) is 11.8 Å². The van der Waals surface area contributed by atoms with Gasteiger partial charge in [-0.25, -0.2) is 6.57 Å². The van der Waals surface area contributed by atoms with Gasteiger partial charge in [-0.3, -0.25) is 0 Å². The van der Waals surface area contributed by atoms with Gasteiger partial charge >= 0.3 is 0 Å². The Balaban J connectivity index is 1.67. The summed E-state index contributed by atoms with van der Waals surface area (Å²) in [7, 11) is 0. The van der Waals surface area contributed by atoms with Crippen LogP contribution in [0.15, 0.2) is 11.6 Å². The van der Waals surface area contributed by atoms with Crippen LogP contribution < -0.4 is 0 Å². The molecule has 1 N–H and O–H groups in total.